The second kappa shape index (κ2) is 7.82. The van der Waals surface area contributed by atoms with Gasteiger partial charge in [0.25, 0.3) is 0 Å². The lowest BCUT2D eigenvalue weighted by atomic mass is 9.93. The molecule has 3 aromatic rings. The summed E-state index contributed by atoms with van der Waals surface area (Å²) in [6.07, 6.45) is 1.67. The number of benzene rings is 1. The standard InChI is InChI=1S/C19H23N5OS2/c1-12-6-7-14(8-13(12)2)24-11-20-23-18(24)27-10-16(25)22-17-21-15(9-26-17)19(3,4)5/h6-9,11H,10H2,1-5H3,(H,21,22,25). The van der Waals surface area contributed by atoms with Crippen molar-refractivity contribution in [3.05, 3.63) is 46.7 Å². The Balaban J connectivity index is 1.64. The van der Waals surface area contributed by atoms with Crippen LogP contribution in [-0.4, -0.2) is 31.4 Å². The van der Waals surface area contributed by atoms with Gasteiger partial charge in [-0.3, -0.25) is 9.36 Å². The Morgan fingerprint density at radius 1 is 1.26 bits per heavy atom. The Morgan fingerprint density at radius 2 is 2.04 bits per heavy atom. The highest BCUT2D eigenvalue weighted by atomic mass is 32.2. The molecule has 0 bridgehead atoms. The van der Waals surface area contributed by atoms with Crippen LogP contribution >= 0.6 is 23.1 Å². The van der Waals surface area contributed by atoms with E-state index in [2.05, 4.69) is 67.2 Å². The first-order valence-electron chi connectivity index (χ1n) is 8.60. The Kier molecular flexibility index (Phi) is 5.67. The molecule has 0 unspecified atom stereocenters. The molecule has 0 spiro atoms. The lowest BCUT2D eigenvalue weighted by molar-refractivity contribution is -0.113. The van der Waals surface area contributed by atoms with E-state index in [4.69, 9.17) is 0 Å². The van der Waals surface area contributed by atoms with E-state index in [0.717, 1.165) is 11.4 Å². The van der Waals surface area contributed by atoms with Gasteiger partial charge in [-0.15, -0.1) is 21.5 Å². The van der Waals surface area contributed by atoms with E-state index in [1.54, 1.807) is 6.33 Å². The molecule has 142 valence electrons. The zero-order valence-electron chi connectivity index (χ0n) is 16.1. The molecule has 0 atom stereocenters. The Bertz CT molecular complexity index is 955. The summed E-state index contributed by atoms with van der Waals surface area (Å²) in [6.45, 7) is 10.5. The molecule has 0 fully saturated rings. The normalized spacial score (nSPS) is 11.6. The van der Waals surface area contributed by atoms with Gasteiger partial charge in [-0.1, -0.05) is 38.6 Å². The second-order valence-electron chi connectivity index (χ2n) is 7.38. The molecule has 0 aliphatic heterocycles. The van der Waals surface area contributed by atoms with Crippen LogP contribution in [0.15, 0.2) is 35.1 Å². The van der Waals surface area contributed by atoms with Gasteiger partial charge in [0.05, 0.1) is 11.4 Å². The molecule has 0 radical (unpaired) electrons. The fourth-order valence-electron chi connectivity index (χ4n) is 2.34. The van der Waals surface area contributed by atoms with Crippen LogP contribution in [0.25, 0.3) is 5.69 Å². The minimum atomic E-state index is -0.107. The van der Waals surface area contributed by atoms with Crippen molar-refractivity contribution in [2.24, 2.45) is 0 Å². The number of nitrogens with one attached hydrogen (secondary N) is 1. The van der Waals surface area contributed by atoms with E-state index in [9.17, 15) is 4.79 Å². The highest BCUT2D eigenvalue weighted by Gasteiger charge is 2.18. The maximum Gasteiger partial charge on any atom is 0.236 e. The molecule has 3 rings (SSSR count). The van der Waals surface area contributed by atoms with Crippen molar-refractivity contribution in [3.63, 3.8) is 0 Å². The number of thiazole rings is 1. The highest BCUT2D eigenvalue weighted by molar-refractivity contribution is 7.99. The molecule has 2 aromatic heterocycles. The van der Waals surface area contributed by atoms with Crippen LogP contribution in [-0.2, 0) is 10.2 Å². The summed E-state index contributed by atoms with van der Waals surface area (Å²) >= 11 is 2.80. The molecule has 0 aliphatic rings. The third-order valence-corrected chi connectivity index (χ3v) is 5.84. The fourth-order valence-corrected chi connectivity index (χ4v) is 4.02. The number of hydrogen-bond acceptors (Lipinski definition) is 6. The van der Waals surface area contributed by atoms with Crippen molar-refractivity contribution in [1.82, 2.24) is 19.7 Å². The van der Waals surface area contributed by atoms with Crippen molar-refractivity contribution in [3.8, 4) is 5.69 Å². The quantitative estimate of drug-likeness (QED) is 0.643. The summed E-state index contributed by atoms with van der Waals surface area (Å²) in [5.74, 6) is 0.137. The summed E-state index contributed by atoms with van der Waals surface area (Å²) in [4.78, 5) is 16.8. The molecule has 1 amide bonds. The number of nitrogens with zero attached hydrogens (tertiary/aromatic N) is 4. The number of rotatable bonds is 5. The molecule has 6 nitrogen and oxygen atoms in total. The van der Waals surface area contributed by atoms with Crippen LogP contribution in [0.1, 0.15) is 37.6 Å². The molecule has 2 heterocycles. The van der Waals surface area contributed by atoms with Crippen LogP contribution < -0.4 is 5.32 Å². The van der Waals surface area contributed by atoms with E-state index in [0.29, 0.717) is 10.3 Å². The summed E-state index contributed by atoms with van der Waals surface area (Å²) in [5, 5.41) is 14.3. The highest BCUT2D eigenvalue weighted by Crippen LogP contribution is 2.27. The van der Waals surface area contributed by atoms with E-state index < -0.39 is 0 Å². The number of anilines is 1. The lowest BCUT2D eigenvalue weighted by Gasteiger charge is -2.14. The van der Waals surface area contributed by atoms with E-state index in [-0.39, 0.29) is 17.1 Å². The SMILES string of the molecule is Cc1ccc(-n2cnnc2SCC(=O)Nc2nc(C(C)(C)C)cs2)cc1C. The fraction of sp³-hybridized carbons (Fsp3) is 0.368. The average molecular weight is 402 g/mol. The van der Waals surface area contributed by atoms with E-state index in [1.165, 1.54) is 34.2 Å². The summed E-state index contributed by atoms with van der Waals surface area (Å²) < 4.78 is 1.89. The molecular weight excluding hydrogens is 378 g/mol. The molecular formula is C19H23N5OS2. The smallest absolute Gasteiger partial charge is 0.236 e. The van der Waals surface area contributed by atoms with Crippen LogP contribution in [0, 0.1) is 13.8 Å². The summed E-state index contributed by atoms with van der Waals surface area (Å²) in [7, 11) is 0. The van der Waals surface area contributed by atoms with Gasteiger partial charge in [0.2, 0.25) is 5.91 Å². The van der Waals surface area contributed by atoms with Crippen molar-refractivity contribution in [2.45, 2.75) is 45.2 Å². The summed E-state index contributed by atoms with van der Waals surface area (Å²) in [5.41, 5.74) is 4.37. The van der Waals surface area contributed by atoms with Crippen molar-refractivity contribution >= 4 is 34.1 Å². The van der Waals surface area contributed by atoms with Gasteiger partial charge in [0.1, 0.15) is 6.33 Å². The Hall–Kier alpha value is -2.19. The van der Waals surface area contributed by atoms with Crippen molar-refractivity contribution < 1.29 is 4.79 Å². The average Bonchev–Trinajstić information content (AvgIpc) is 3.24. The van der Waals surface area contributed by atoms with Crippen LogP contribution in [0.4, 0.5) is 5.13 Å². The number of aryl methyl sites for hydroxylation is 2. The minimum Gasteiger partial charge on any atom is -0.301 e. The zero-order chi connectivity index (χ0) is 19.6. The number of hydrogen-bond donors (Lipinski definition) is 1. The van der Waals surface area contributed by atoms with E-state index >= 15 is 0 Å². The van der Waals surface area contributed by atoms with Gasteiger partial charge >= 0.3 is 0 Å². The second-order valence-corrected chi connectivity index (χ2v) is 9.18. The van der Waals surface area contributed by atoms with Gasteiger partial charge in [0.15, 0.2) is 10.3 Å². The van der Waals surface area contributed by atoms with Gasteiger partial charge < -0.3 is 5.32 Å². The predicted octanol–water partition coefficient (Wildman–Crippen LogP) is 4.37. The minimum absolute atomic E-state index is 0.0309. The maximum absolute atomic E-state index is 12.3. The van der Waals surface area contributed by atoms with E-state index in [1.807, 2.05) is 16.0 Å². The molecule has 0 saturated heterocycles. The Morgan fingerprint density at radius 3 is 2.70 bits per heavy atom. The number of amides is 1. The van der Waals surface area contributed by atoms with Crippen molar-refractivity contribution in [1.29, 1.82) is 0 Å². The van der Waals surface area contributed by atoms with Gasteiger partial charge in [0, 0.05) is 16.5 Å². The molecule has 0 saturated carbocycles. The number of carbonyl (C=O) groups excluding carboxylic acids is 1. The zero-order valence-corrected chi connectivity index (χ0v) is 17.7. The largest absolute Gasteiger partial charge is 0.301 e. The topological polar surface area (TPSA) is 72.7 Å². The van der Waals surface area contributed by atoms with Gasteiger partial charge in [-0.05, 0) is 37.1 Å². The first-order valence-corrected chi connectivity index (χ1v) is 10.5. The third kappa shape index (κ3) is 4.75. The summed E-state index contributed by atoms with van der Waals surface area (Å²) in [6, 6.07) is 6.19. The third-order valence-electron chi connectivity index (χ3n) is 4.14. The first kappa shape index (κ1) is 19.6. The van der Waals surface area contributed by atoms with Gasteiger partial charge in [-0.2, -0.15) is 0 Å². The molecule has 8 heteroatoms. The predicted molar refractivity (Wildman–Crippen MR) is 111 cm³/mol. The molecule has 1 aromatic carbocycles. The number of thioether (sulfide) groups is 1. The van der Waals surface area contributed by atoms with Crippen molar-refractivity contribution in [2.75, 3.05) is 11.1 Å². The van der Waals surface area contributed by atoms with Gasteiger partial charge in [-0.25, -0.2) is 4.98 Å². The van der Waals surface area contributed by atoms with Crippen LogP contribution in [0.5, 0.6) is 0 Å². The van der Waals surface area contributed by atoms with Crippen LogP contribution in [0.3, 0.4) is 0 Å². The number of carbonyl (C=O) groups is 1. The molecule has 1 N–H and O–H groups in total. The molecule has 0 aliphatic carbocycles. The van der Waals surface area contributed by atoms with Crippen LogP contribution in [0.2, 0.25) is 0 Å². The monoisotopic (exact) mass is 401 g/mol. The lowest BCUT2D eigenvalue weighted by Crippen LogP contribution is -2.16. The molecule has 27 heavy (non-hydrogen) atoms. The number of aromatic nitrogens is 4. The first-order chi connectivity index (χ1) is 12.7. The Labute approximate surface area is 167 Å². The maximum atomic E-state index is 12.3.